The van der Waals surface area contributed by atoms with Crippen LogP contribution in [0, 0.1) is 0 Å². The van der Waals surface area contributed by atoms with Crippen molar-refractivity contribution in [1.82, 2.24) is 20.3 Å². The first-order valence-electron chi connectivity index (χ1n) is 8.88. The van der Waals surface area contributed by atoms with E-state index in [1.165, 1.54) is 0 Å². The third kappa shape index (κ3) is 3.12. The van der Waals surface area contributed by atoms with Gasteiger partial charge in [0.15, 0.2) is 0 Å². The topological polar surface area (TPSA) is 65.6 Å². The molecular formula is C20H17Cl2N5. The molecule has 1 unspecified atom stereocenters. The molecule has 1 fully saturated rings. The number of aromatic nitrogens is 3. The molecule has 3 N–H and O–H groups in total. The Bertz CT molecular complexity index is 1150. The summed E-state index contributed by atoms with van der Waals surface area (Å²) < 4.78 is 0. The van der Waals surface area contributed by atoms with Gasteiger partial charge in [-0.2, -0.15) is 0 Å². The van der Waals surface area contributed by atoms with E-state index < -0.39 is 0 Å². The van der Waals surface area contributed by atoms with Crippen LogP contribution < -0.4 is 10.6 Å². The van der Waals surface area contributed by atoms with Gasteiger partial charge in [0.25, 0.3) is 0 Å². The van der Waals surface area contributed by atoms with Gasteiger partial charge < -0.3 is 15.6 Å². The largest absolute Gasteiger partial charge is 0.380 e. The van der Waals surface area contributed by atoms with E-state index in [1.54, 1.807) is 0 Å². The molecule has 3 heterocycles. The number of rotatable bonds is 3. The predicted molar refractivity (Wildman–Crippen MR) is 112 cm³/mol. The van der Waals surface area contributed by atoms with Gasteiger partial charge in [0.1, 0.15) is 5.82 Å². The molecule has 136 valence electrons. The fourth-order valence-electron chi connectivity index (χ4n) is 3.59. The molecule has 0 amide bonds. The maximum absolute atomic E-state index is 6.28. The summed E-state index contributed by atoms with van der Waals surface area (Å²) in [5, 5.41) is 9.44. The van der Waals surface area contributed by atoms with Crippen molar-refractivity contribution in [3.8, 4) is 11.4 Å². The third-order valence-electron chi connectivity index (χ3n) is 4.94. The van der Waals surface area contributed by atoms with E-state index in [-0.39, 0.29) is 0 Å². The second kappa shape index (κ2) is 6.68. The first-order valence-corrected chi connectivity index (χ1v) is 9.64. The number of nitrogens with one attached hydrogen (secondary N) is 3. The van der Waals surface area contributed by atoms with Crippen LogP contribution in [0.1, 0.15) is 6.42 Å². The molecule has 0 spiro atoms. The summed E-state index contributed by atoms with van der Waals surface area (Å²) in [7, 11) is 0. The van der Waals surface area contributed by atoms with Gasteiger partial charge in [0, 0.05) is 34.2 Å². The SMILES string of the molecule is Clc1ccc2nc(-c3cnc4ccc(Cl)cc4c3NC3CCNC3)[nH]c2c1. The normalized spacial score (nSPS) is 17.0. The van der Waals surface area contributed by atoms with Crippen LogP contribution in [0.25, 0.3) is 33.3 Å². The van der Waals surface area contributed by atoms with Gasteiger partial charge in [-0.3, -0.25) is 4.98 Å². The van der Waals surface area contributed by atoms with E-state index in [2.05, 4.69) is 20.6 Å². The second-order valence-electron chi connectivity index (χ2n) is 6.79. The quantitative estimate of drug-likeness (QED) is 0.461. The number of anilines is 1. The van der Waals surface area contributed by atoms with Gasteiger partial charge in [0.05, 0.1) is 27.8 Å². The molecule has 2 aromatic carbocycles. The lowest BCUT2D eigenvalue weighted by molar-refractivity contribution is 0.794. The molecular weight excluding hydrogens is 381 g/mol. The van der Waals surface area contributed by atoms with Crippen molar-refractivity contribution in [2.75, 3.05) is 18.4 Å². The molecule has 0 saturated carbocycles. The van der Waals surface area contributed by atoms with Gasteiger partial charge in [-0.25, -0.2) is 4.98 Å². The van der Waals surface area contributed by atoms with Gasteiger partial charge in [-0.1, -0.05) is 23.2 Å². The molecule has 0 bridgehead atoms. The van der Waals surface area contributed by atoms with E-state index in [0.717, 1.165) is 58.5 Å². The third-order valence-corrected chi connectivity index (χ3v) is 5.41. The van der Waals surface area contributed by atoms with E-state index in [4.69, 9.17) is 28.2 Å². The minimum atomic E-state index is 0.354. The zero-order valence-electron chi connectivity index (χ0n) is 14.4. The lowest BCUT2D eigenvalue weighted by atomic mass is 10.1. The summed E-state index contributed by atoms with van der Waals surface area (Å²) in [6.45, 7) is 1.94. The number of imidazole rings is 1. The number of halogens is 2. The summed E-state index contributed by atoms with van der Waals surface area (Å²) in [5.74, 6) is 0.759. The Kier molecular flexibility index (Phi) is 4.16. The molecule has 2 aromatic heterocycles. The number of aromatic amines is 1. The van der Waals surface area contributed by atoms with Crippen molar-refractivity contribution in [2.45, 2.75) is 12.5 Å². The van der Waals surface area contributed by atoms with E-state index >= 15 is 0 Å². The van der Waals surface area contributed by atoms with Crippen molar-refractivity contribution in [3.05, 3.63) is 52.6 Å². The van der Waals surface area contributed by atoms with Crippen molar-refractivity contribution in [2.24, 2.45) is 0 Å². The highest BCUT2D eigenvalue weighted by Crippen LogP contribution is 2.35. The Balaban J connectivity index is 1.71. The highest BCUT2D eigenvalue weighted by Gasteiger charge is 2.20. The number of benzene rings is 2. The number of pyridine rings is 1. The Morgan fingerprint density at radius 2 is 1.85 bits per heavy atom. The molecule has 1 saturated heterocycles. The molecule has 1 aliphatic rings. The van der Waals surface area contributed by atoms with Gasteiger partial charge in [0.2, 0.25) is 0 Å². The zero-order valence-corrected chi connectivity index (χ0v) is 15.9. The summed E-state index contributed by atoms with van der Waals surface area (Å²) in [5.41, 5.74) is 4.59. The molecule has 7 heteroatoms. The second-order valence-corrected chi connectivity index (χ2v) is 7.66. The fraction of sp³-hybridized carbons (Fsp3) is 0.200. The van der Waals surface area contributed by atoms with Crippen LogP contribution in [0.4, 0.5) is 5.69 Å². The number of hydrogen-bond acceptors (Lipinski definition) is 4. The smallest absolute Gasteiger partial charge is 0.142 e. The van der Waals surface area contributed by atoms with Gasteiger partial charge in [-0.05, 0) is 49.4 Å². The average Bonchev–Trinajstić information content (AvgIpc) is 3.31. The minimum Gasteiger partial charge on any atom is -0.380 e. The first-order chi connectivity index (χ1) is 13.2. The standard InChI is InChI=1S/C20H17Cl2N5/c21-11-1-3-16-14(7-11)19(25-13-5-6-23-9-13)15(10-24-16)20-26-17-4-2-12(22)8-18(17)27-20/h1-4,7-8,10,13,23H,5-6,9H2,(H,24,25)(H,26,27). The summed E-state index contributed by atoms with van der Waals surface area (Å²) in [4.78, 5) is 12.7. The monoisotopic (exact) mass is 397 g/mol. The van der Waals surface area contributed by atoms with Crippen LogP contribution in [0.15, 0.2) is 42.6 Å². The van der Waals surface area contributed by atoms with Crippen LogP contribution in [-0.4, -0.2) is 34.1 Å². The minimum absolute atomic E-state index is 0.354. The highest BCUT2D eigenvalue weighted by atomic mass is 35.5. The highest BCUT2D eigenvalue weighted by molar-refractivity contribution is 6.31. The number of fused-ring (bicyclic) bond motifs is 2. The van der Waals surface area contributed by atoms with Crippen LogP contribution in [-0.2, 0) is 0 Å². The maximum atomic E-state index is 6.28. The lowest BCUT2D eigenvalue weighted by Crippen LogP contribution is -2.22. The molecule has 4 aromatic rings. The lowest BCUT2D eigenvalue weighted by Gasteiger charge is -2.18. The van der Waals surface area contributed by atoms with Gasteiger partial charge in [-0.15, -0.1) is 0 Å². The van der Waals surface area contributed by atoms with Crippen LogP contribution in [0.5, 0.6) is 0 Å². The molecule has 1 aliphatic heterocycles. The van der Waals surface area contributed by atoms with Crippen LogP contribution in [0.3, 0.4) is 0 Å². The maximum Gasteiger partial charge on any atom is 0.142 e. The number of H-pyrrole nitrogens is 1. The molecule has 5 rings (SSSR count). The molecule has 0 radical (unpaired) electrons. The Labute approximate surface area is 166 Å². The Morgan fingerprint density at radius 1 is 1.04 bits per heavy atom. The predicted octanol–water partition coefficient (Wildman–Crippen LogP) is 4.86. The van der Waals surface area contributed by atoms with Crippen LogP contribution >= 0.6 is 23.2 Å². The van der Waals surface area contributed by atoms with Crippen molar-refractivity contribution in [1.29, 1.82) is 0 Å². The molecule has 1 atom stereocenters. The summed E-state index contributed by atoms with van der Waals surface area (Å²) >= 11 is 12.4. The Hall–Kier alpha value is -2.34. The van der Waals surface area contributed by atoms with Gasteiger partial charge >= 0.3 is 0 Å². The summed E-state index contributed by atoms with van der Waals surface area (Å²) in [6, 6.07) is 11.8. The van der Waals surface area contributed by atoms with E-state index in [0.29, 0.717) is 16.1 Å². The zero-order chi connectivity index (χ0) is 18.4. The van der Waals surface area contributed by atoms with E-state index in [9.17, 15) is 0 Å². The van der Waals surface area contributed by atoms with Crippen LogP contribution in [0.2, 0.25) is 10.0 Å². The van der Waals surface area contributed by atoms with Crippen molar-refractivity contribution >= 4 is 50.8 Å². The first kappa shape index (κ1) is 16.8. The number of hydrogen-bond donors (Lipinski definition) is 3. The van der Waals surface area contributed by atoms with E-state index in [1.807, 2.05) is 42.6 Å². The fourth-order valence-corrected chi connectivity index (χ4v) is 3.94. The number of nitrogens with zero attached hydrogens (tertiary/aromatic N) is 2. The molecule has 0 aliphatic carbocycles. The molecule has 5 nitrogen and oxygen atoms in total. The van der Waals surface area contributed by atoms with Crippen molar-refractivity contribution < 1.29 is 0 Å². The molecule has 27 heavy (non-hydrogen) atoms. The average molecular weight is 398 g/mol. The summed E-state index contributed by atoms with van der Waals surface area (Å²) in [6.07, 6.45) is 2.93. The van der Waals surface area contributed by atoms with Crippen molar-refractivity contribution in [3.63, 3.8) is 0 Å². The Morgan fingerprint density at radius 3 is 2.67 bits per heavy atom.